The second kappa shape index (κ2) is 7.88. The molecule has 6 heteroatoms. The summed E-state index contributed by atoms with van der Waals surface area (Å²) in [5, 5.41) is 8.25. The van der Waals surface area contributed by atoms with Crippen LogP contribution in [0, 0.1) is 12.8 Å². The number of benzene rings is 1. The van der Waals surface area contributed by atoms with Crippen LogP contribution in [0.4, 0.5) is 5.69 Å². The van der Waals surface area contributed by atoms with E-state index in [9.17, 15) is 0 Å². The van der Waals surface area contributed by atoms with Crippen LogP contribution in [-0.4, -0.2) is 22.0 Å². The first-order valence-electron chi connectivity index (χ1n) is 8.09. The van der Waals surface area contributed by atoms with Crippen molar-refractivity contribution in [3.05, 3.63) is 39.9 Å². The highest BCUT2D eigenvalue weighted by Crippen LogP contribution is 2.24. The Morgan fingerprint density at radius 3 is 2.65 bits per heavy atom. The number of hydrogen-bond donors (Lipinski definition) is 1. The number of hydrogen-bond acceptors (Lipinski definition) is 4. The van der Waals surface area contributed by atoms with Gasteiger partial charge in [0.1, 0.15) is 10.7 Å². The number of halogens is 1. The molecule has 1 heterocycles. The highest BCUT2D eigenvalue weighted by molar-refractivity contribution is 7.08. The van der Waals surface area contributed by atoms with Gasteiger partial charge in [-0.3, -0.25) is 4.99 Å². The summed E-state index contributed by atoms with van der Waals surface area (Å²) in [5.74, 6) is 1.57. The Morgan fingerprint density at radius 1 is 1.26 bits per heavy atom. The molecule has 0 unspecified atom stereocenters. The van der Waals surface area contributed by atoms with Crippen molar-refractivity contribution >= 4 is 34.7 Å². The average Bonchev–Trinajstić information content (AvgIpc) is 3.00. The molecular formula is C17H21ClN4S. The molecule has 1 N–H and O–H groups in total. The van der Waals surface area contributed by atoms with E-state index in [1.807, 2.05) is 31.2 Å². The van der Waals surface area contributed by atoms with E-state index in [4.69, 9.17) is 16.6 Å². The fraction of sp³-hybridized carbons (Fsp3) is 0.471. The van der Waals surface area contributed by atoms with Gasteiger partial charge in [-0.25, -0.2) is 0 Å². The van der Waals surface area contributed by atoms with Gasteiger partial charge in [0.15, 0.2) is 0 Å². The zero-order chi connectivity index (χ0) is 16.1. The van der Waals surface area contributed by atoms with Crippen LogP contribution in [-0.2, 0) is 0 Å². The summed E-state index contributed by atoms with van der Waals surface area (Å²) in [4.78, 5) is 5.88. The Balaban J connectivity index is 1.78. The molecule has 0 saturated heterocycles. The molecule has 3 rings (SSSR count). The monoisotopic (exact) mass is 348 g/mol. The summed E-state index contributed by atoms with van der Waals surface area (Å²) in [7, 11) is 0. The smallest absolute Gasteiger partial charge is 0.146 e. The van der Waals surface area contributed by atoms with Crippen molar-refractivity contribution < 1.29 is 0 Å². The maximum absolute atomic E-state index is 5.96. The van der Waals surface area contributed by atoms with E-state index in [1.165, 1.54) is 43.6 Å². The standard InChI is InChI=1S/C17H21ClN4S/c1-12-16(23-22-21-12)17(19-11-13-5-3-2-4-6-13)20-15-9-7-14(18)8-10-15/h7-10,13H,2-6,11H2,1H3,(H,19,20). The molecule has 0 radical (unpaired) electrons. The molecule has 0 amide bonds. The van der Waals surface area contributed by atoms with E-state index in [-0.39, 0.29) is 0 Å². The molecule has 122 valence electrons. The van der Waals surface area contributed by atoms with Crippen molar-refractivity contribution in [2.24, 2.45) is 10.9 Å². The lowest BCUT2D eigenvalue weighted by molar-refractivity contribution is 0.367. The zero-order valence-electron chi connectivity index (χ0n) is 13.3. The van der Waals surface area contributed by atoms with Gasteiger partial charge in [0.25, 0.3) is 0 Å². The van der Waals surface area contributed by atoms with E-state index in [2.05, 4.69) is 14.9 Å². The number of nitrogens with one attached hydrogen (secondary N) is 1. The van der Waals surface area contributed by atoms with Crippen LogP contribution in [0.5, 0.6) is 0 Å². The van der Waals surface area contributed by atoms with E-state index in [0.29, 0.717) is 5.92 Å². The molecule has 4 nitrogen and oxygen atoms in total. The maximum Gasteiger partial charge on any atom is 0.146 e. The molecule has 1 aliphatic carbocycles. The van der Waals surface area contributed by atoms with Crippen molar-refractivity contribution in [1.82, 2.24) is 9.59 Å². The topological polar surface area (TPSA) is 50.2 Å². The number of rotatable bonds is 4. The molecule has 23 heavy (non-hydrogen) atoms. The summed E-state index contributed by atoms with van der Waals surface area (Å²) in [6, 6.07) is 7.67. The van der Waals surface area contributed by atoms with Crippen LogP contribution in [0.2, 0.25) is 5.02 Å². The van der Waals surface area contributed by atoms with Gasteiger partial charge >= 0.3 is 0 Å². The maximum atomic E-state index is 5.96. The first-order valence-corrected chi connectivity index (χ1v) is 9.24. The largest absolute Gasteiger partial charge is 0.339 e. The Kier molecular flexibility index (Phi) is 5.62. The number of aromatic nitrogens is 2. The van der Waals surface area contributed by atoms with Crippen LogP contribution < -0.4 is 5.32 Å². The van der Waals surface area contributed by atoms with Gasteiger partial charge in [-0.05, 0) is 61.5 Å². The van der Waals surface area contributed by atoms with Gasteiger partial charge in [-0.15, -0.1) is 5.10 Å². The van der Waals surface area contributed by atoms with E-state index >= 15 is 0 Å². The predicted molar refractivity (Wildman–Crippen MR) is 97.7 cm³/mol. The molecule has 0 spiro atoms. The van der Waals surface area contributed by atoms with Gasteiger partial charge in [0.05, 0.1) is 5.69 Å². The molecule has 0 bridgehead atoms. The molecular weight excluding hydrogens is 328 g/mol. The van der Waals surface area contributed by atoms with Crippen molar-refractivity contribution in [3.63, 3.8) is 0 Å². The van der Waals surface area contributed by atoms with Gasteiger partial charge < -0.3 is 5.32 Å². The normalized spacial score (nSPS) is 16.5. The Labute approximate surface area is 146 Å². The zero-order valence-corrected chi connectivity index (χ0v) is 14.8. The van der Waals surface area contributed by atoms with E-state index < -0.39 is 0 Å². The second-order valence-electron chi connectivity index (χ2n) is 6.01. The first kappa shape index (κ1) is 16.4. The summed E-state index contributed by atoms with van der Waals surface area (Å²) in [6.07, 6.45) is 6.62. The van der Waals surface area contributed by atoms with Crippen molar-refractivity contribution in [1.29, 1.82) is 0 Å². The summed E-state index contributed by atoms with van der Waals surface area (Å²) in [5.41, 5.74) is 1.89. The van der Waals surface area contributed by atoms with Gasteiger partial charge in [0, 0.05) is 17.3 Å². The Hall–Kier alpha value is -1.46. The van der Waals surface area contributed by atoms with Crippen LogP contribution in [0.15, 0.2) is 29.3 Å². The number of aliphatic imine (C=N–C) groups is 1. The molecule has 1 saturated carbocycles. The van der Waals surface area contributed by atoms with Crippen LogP contribution >= 0.6 is 23.1 Å². The van der Waals surface area contributed by atoms with E-state index in [1.54, 1.807) is 0 Å². The molecule has 0 atom stereocenters. The van der Waals surface area contributed by atoms with Crippen LogP contribution in [0.1, 0.15) is 42.7 Å². The van der Waals surface area contributed by atoms with Crippen LogP contribution in [0.25, 0.3) is 0 Å². The summed E-state index contributed by atoms with van der Waals surface area (Å²) >= 11 is 7.35. The third kappa shape index (κ3) is 4.52. The van der Waals surface area contributed by atoms with Crippen molar-refractivity contribution in [3.8, 4) is 0 Å². The Morgan fingerprint density at radius 2 is 2.00 bits per heavy atom. The fourth-order valence-corrected chi connectivity index (χ4v) is 3.62. The number of anilines is 1. The predicted octanol–water partition coefficient (Wildman–Crippen LogP) is 4.94. The summed E-state index contributed by atoms with van der Waals surface area (Å²) < 4.78 is 4.04. The molecule has 2 aromatic rings. The first-order chi connectivity index (χ1) is 11.2. The van der Waals surface area contributed by atoms with Crippen molar-refractivity contribution in [2.45, 2.75) is 39.0 Å². The van der Waals surface area contributed by atoms with Crippen LogP contribution in [0.3, 0.4) is 0 Å². The minimum absolute atomic E-state index is 0.701. The molecule has 1 aromatic heterocycles. The molecule has 1 aliphatic rings. The number of nitrogens with zero attached hydrogens (tertiary/aromatic N) is 3. The minimum atomic E-state index is 0.701. The van der Waals surface area contributed by atoms with Gasteiger partial charge in [-0.1, -0.05) is 35.4 Å². The molecule has 1 aromatic carbocycles. The third-order valence-electron chi connectivity index (χ3n) is 4.21. The summed E-state index contributed by atoms with van der Waals surface area (Å²) in [6.45, 7) is 2.84. The van der Waals surface area contributed by atoms with Gasteiger partial charge in [0.2, 0.25) is 0 Å². The lowest BCUT2D eigenvalue weighted by atomic mass is 9.89. The Bertz CT molecular complexity index is 659. The molecule has 0 aliphatic heterocycles. The highest BCUT2D eigenvalue weighted by Gasteiger charge is 2.16. The lowest BCUT2D eigenvalue weighted by Gasteiger charge is -2.20. The number of aryl methyl sites for hydroxylation is 1. The minimum Gasteiger partial charge on any atom is -0.339 e. The lowest BCUT2D eigenvalue weighted by Crippen LogP contribution is -2.17. The average molecular weight is 349 g/mol. The highest BCUT2D eigenvalue weighted by atomic mass is 35.5. The molecule has 1 fully saturated rings. The van der Waals surface area contributed by atoms with E-state index in [0.717, 1.165) is 33.7 Å². The third-order valence-corrected chi connectivity index (χ3v) is 5.29. The fourth-order valence-electron chi connectivity index (χ4n) is 2.88. The van der Waals surface area contributed by atoms with Gasteiger partial charge in [-0.2, -0.15) is 0 Å². The quantitative estimate of drug-likeness (QED) is 0.629. The van der Waals surface area contributed by atoms with Crippen molar-refractivity contribution in [2.75, 3.05) is 11.9 Å². The SMILES string of the molecule is Cc1nnsc1C(=NCC1CCCCC1)Nc1ccc(Cl)cc1. The number of amidine groups is 1. The second-order valence-corrected chi connectivity index (χ2v) is 7.20.